The minimum absolute atomic E-state index is 0.791. The molecule has 2 nitrogen and oxygen atoms in total. The Morgan fingerprint density at radius 1 is 1.44 bits per heavy atom. The van der Waals surface area contributed by atoms with Crippen molar-refractivity contribution in [3.8, 4) is 0 Å². The zero-order chi connectivity index (χ0) is 6.43. The van der Waals surface area contributed by atoms with E-state index in [0.29, 0.717) is 0 Å². The average molecular weight is 125 g/mol. The van der Waals surface area contributed by atoms with Crippen molar-refractivity contribution in [2.45, 2.75) is 13.8 Å². The van der Waals surface area contributed by atoms with Crippen LogP contribution in [-0.4, -0.2) is 6.67 Å². The Balaban J connectivity index is 2.26. The molecule has 50 valence electrons. The first-order valence-corrected chi connectivity index (χ1v) is 3.62. The van der Waals surface area contributed by atoms with Crippen molar-refractivity contribution in [1.82, 2.24) is 5.32 Å². The number of nitrogens with one attached hydrogen (secondary N) is 1. The Kier molecular flexibility index (Phi) is 0.887. The summed E-state index contributed by atoms with van der Waals surface area (Å²) in [5, 5.41) is 5.67. The maximum atomic E-state index is 3.36. The molecule has 2 rings (SSSR count). The Bertz CT molecular complexity index is 154. The molecule has 0 spiro atoms. The van der Waals surface area contributed by atoms with Crippen molar-refractivity contribution in [1.29, 1.82) is 0 Å². The predicted octanol–water partition coefficient (Wildman–Crippen LogP) is -0.392. The van der Waals surface area contributed by atoms with Crippen LogP contribution >= 0.6 is 0 Å². The SMILES string of the molecule is CC1C2=C([NH2+]CN2)C1C. The van der Waals surface area contributed by atoms with Gasteiger partial charge in [-0.25, -0.2) is 0 Å². The summed E-state index contributed by atoms with van der Waals surface area (Å²) >= 11 is 0. The molecule has 0 saturated carbocycles. The van der Waals surface area contributed by atoms with Gasteiger partial charge in [0.15, 0.2) is 6.67 Å². The fraction of sp³-hybridized carbons (Fsp3) is 0.714. The van der Waals surface area contributed by atoms with Crippen molar-refractivity contribution >= 4 is 0 Å². The van der Waals surface area contributed by atoms with E-state index < -0.39 is 0 Å². The topological polar surface area (TPSA) is 28.6 Å². The van der Waals surface area contributed by atoms with Crippen LogP contribution in [0.1, 0.15) is 13.8 Å². The number of hydrogen-bond acceptors (Lipinski definition) is 1. The molecular formula is C7H13N2+. The normalized spacial score (nSPS) is 39.8. The highest BCUT2D eigenvalue weighted by Gasteiger charge is 2.40. The van der Waals surface area contributed by atoms with E-state index in [0.717, 1.165) is 18.5 Å². The first kappa shape index (κ1) is 5.30. The zero-order valence-electron chi connectivity index (χ0n) is 5.94. The molecule has 0 aromatic heterocycles. The third kappa shape index (κ3) is 0.491. The van der Waals surface area contributed by atoms with E-state index in [-0.39, 0.29) is 0 Å². The van der Waals surface area contributed by atoms with Crippen LogP contribution in [0.5, 0.6) is 0 Å². The third-order valence-corrected chi connectivity index (χ3v) is 2.62. The van der Waals surface area contributed by atoms with Crippen molar-refractivity contribution in [3.05, 3.63) is 11.4 Å². The number of rotatable bonds is 0. The van der Waals surface area contributed by atoms with Gasteiger partial charge in [-0.1, -0.05) is 13.8 Å². The number of quaternary nitrogens is 1. The Hall–Kier alpha value is -0.500. The van der Waals surface area contributed by atoms with Crippen LogP contribution in [0.3, 0.4) is 0 Å². The van der Waals surface area contributed by atoms with E-state index >= 15 is 0 Å². The summed E-state index contributed by atoms with van der Waals surface area (Å²) in [6.45, 7) is 5.65. The van der Waals surface area contributed by atoms with E-state index in [1.54, 1.807) is 5.70 Å². The van der Waals surface area contributed by atoms with Crippen LogP contribution in [-0.2, 0) is 0 Å². The lowest BCUT2D eigenvalue weighted by atomic mass is 9.78. The summed E-state index contributed by atoms with van der Waals surface area (Å²) in [6, 6.07) is 0. The van der Waals surface area contributed by atoms with Crippen molar-refractivity contribution < 1.29 is 5.32 Å². The minimum Gasteiger partial charge on any atom is -0.337 e. The van der Waals surface area contributed by atoms with Crippen molar-refractivity contribution in [2.75, 3.05) is 6.67 Å². The first-order valence-electron chi connectivity index (χ1n) is 3.62. The lowest BCUT2D eigenvalue weighted by molar-refractivity contribution is -0.608. The third-order valence-electron chi connectivity index (χ3n) is 2.62. The Morgan fingerprint density at radius 3 is 2.89 bits per heavy atom. The fourth-order valence-corrected chi connectivity index (χ4v) is 1.76. The van der Waals surface area contributed by atoms with E-state index in [1.165, 1.54) is 5.70 Å². The molecule has 1 aliphatic carbocycles. The van der Waals surface area contributed by atoms with Gasteiger partial charge in [-0.15, -0.1) is 0 Å². The number of nitrogens with two attached hydrogens (primary N) is 1. The van der Waals surface area contributed by atoms with Gasteiger partial charge in [0.2, 0.25) is 0 Å². The largest absolute Gasteiger partial charge is 0.337 e. The van der Waals surface area contributed by atoms with Gasteiger partial charge in [0, 0.05) is 11.8 Å². The second-order valence-electron chi connectivity index (χ2n) is 3.03. The predicted molar refractivity (Wildman–Crippen MR) is 35.3 cm³/mol. The lowest BCUT2D eigenvalue weighted by Gasteiger charge is -2.28. The molecule has 0 radical (unpaired) electrons. The van der Waals surface area contributed by atoms with Gasteiger partial charge in [0.05, 0.1) is 5.70 Å². The Labute approximate surface area is 55.3 Å². The van der Waals surface area contributed by atoms with Crippen LogP contribution in [0.2, 0.25) is 0 Å². The second kappa shape index (κ2) is 1.51. The first-order chi connectivity index (χ1) is 4.30. The molecule has 0 aromatic carbocycles. The molecule has 2 atom stereocenters. The number of hydrogen-bond donors (Lipinski definition) is 2. The molecule has 0 bridgehead atoms. The summed E-state index contributed by atoms with van der Waals surface area (Å²) in [6.07, 6.45) is 0. The molecule has 1 aliphatic heterocycles. The van der Waals surface area contributed by atoms with E-state index in [1.807, 2.05) is 0 Å². The van der Waals surface area contributed by atoms with Crippen LogP contribution in [0.25, 0.3) is 0 Å². The maximum absolute atomic E-state index is 3.36. The Morgan fingerprint density at radius 2 is 2.22 bits per heavy atom. The molecular weight excluding hydrogens is 112 g/mol. The van der Waals surface area contributed by atoms with E-state index in [2.05, 4.69) is 24.5 Å². The highest BCUT2D eigenvalue weighted by Crippen LogP contribution is 2.35. The van der Waals surface area contributed by atoms with Crippen LogP contribution in [0.4, 0.5) is 0 Å². The van der Waals surface area contributed by atoms with E-state index in [4.69, 9.17) is 0 Å². The van der Waals surface area contributed by atoms with Crippen LogP contribution in [0, 0.1) is 11.8 Å². The van der Waals surface area contributed by atoms with Gasteiger partial charge >= 0.3 is 0 Å². The van der Waals surface area contributed by atoms with Gasteiger partial charge in [0.1, 0.15) is 5.70 Å². The molecule has 0 fully saturated rings. The highest BCUT2D eigenvalue weighted by atomic mass is 15.2. The van der Waals surface area contributed by atoms with Gasteiger partial charge in [-0.3, -0.25) is 5.32 Å². The minimum atomic E-state index is 0.791. The average Bonchev–Trinajstić information content (AvgIpc) is 2.30. The monoisotopic (exact) mass is 125 g/mol. The summed E-state index contributed by atoms with van der Waals surface area (Å²) in [5.74, 6) is 1.61. The molecule has 1 heterocycles. The molecule has 2 aliphatic rings. The molecule has 9 heavy (non-hydrogen) atoms. The van der Waals surface area contributed by atoms with Gasteiger partial charge in [0.25, 0.3) is 0 Å². The van der Waals surface area contributed by atoms with Crippen molar-refractivity contribution in [2.24, 2.45) is 11.8 Å². The van der Waals surface area contributed by atoms with Gasteiger partial charge in [-0.2, -0.15) is 0 Å². The van der Waals surface area contributed by atoms with E-state index in [9.17, 15) is 0 Å². The molecule has 2 heteroatoms. The maximum Gasteiger partial charge on any atom is 0.153 e. The smallest absolute Gasteiger partial charge is 0.153 e. The summed E-state index contributed by atoms with van der Waals surface area (Å²) in [5.41, 5.74) is 3.07. The molecule has 3 N–H and O–H groups in total. The highest BCUT2D eigenvalue weighted by molar-refractivity contribution is 5.25. The van der Waals surface area contributed by atoms with Gasteiger partial charge < -0.3 is 5.32 Å². The number of allylic oxidation sites excluding steroid dienone is 2. The van der Waals surface area contributed by atoms with Gasteiger partial charge in [-0.05, 0) is 0 Å². The standard InChI is InChI=1S/C7H12N2/c1-4-5(2)7-6(4)8-3-9-7/h4-5,8-9H,3H2,1-2H3/p+1. The molecule has 0 saturated heterocycles. The van der Waals surface area contributed by atoms with Crippen LogP contribution < -0.4 is 10.6 Å². The van der Waals surface area contributed by atoms with Crippen LogP contribution in [0.15, 0.2) is 11.4 Å². The fourth-order valence-electron chi connectivity index (χ4n) is 1.76. The summed E-state index contributed by atoms with van der Waals surface area (Å²) in [7, 11) is 0. The summed E-state index contributed by atoms with van der Waals surface area (Å²) in [4.78, 5) is 0. The summed E-state index contributed by atoms with van der Waals surface area (Å²) < 4.78 is 0. The molecule has 2 unspecified atom stereocenters. The lowest BCUT2D eigenvalue weighted by Crippen LogP contribution is -2.83. The molecule has 0 aromatic rings. The molecule has 0 amide bonds. The van der Waals surface area contributed by atoms with Crippen molar-refractivity contribution in [3.63, 3.8) is 0 Å². The zero-order valence-corrected chi connectivity index (χ0v) is 5.94. The second-order valence-corrected chi connectivity index (χ2v) is 3.03. The quantitative estimate of drug-likeness (QED) is 0.453.